The molecule has 1 rings (SSSR count). The summed E-state index contributed by atoms with van der Waals surface area (Å²) >= 11 is 0. The maximum absolute atomic E-state index is 13.1. The molecule has 0 aromatic heterocycles. The topological polar surface area (TPSA) is 46.2 Å². The summed E-state index contributed by atoms with van der Waals surface area (Å²) in [6.07, 6.45) is 0. The lowest BCUT2D eigenvalue weighted by Crippen LogP contribution is -2.25. The molecular formula is C11H12FNO2S. The van der Waals surface area contributed by atoms with E-state index in [4.69, 9.17) is 0 Å². The van der Waals surface area contributed by atoms with E-state index >= 15 is 0 Å². The predicted molar refractivity (Wildman–Crippen MR) is 60.7 cm³/mol. The van der Waals surface area contributed by atoms with E-state index in [1.165, 1.54) is 19.1 Å². The van der Waals surface area contributed by atoms with Crippen molar-refractivity contribution in [3.63, 3.8) is 0 Å². The van der Waals surface area contributed by atoms with Crippen LogP contribution in [-0.4, -0.2) is 20.7 Å². The zero-order valence-electron chi connectivity index (χ0n) is 8.83. The van der Waals surface area contributed by atoms with Gasteiger partial charge in [-0.3, -0.25) is 0 Å². The molecule has 16 heavy (non-hydrogen) atoms. The molecule has 0 unspecified atom stereocenters. The van der Waals surface area contributed by atoms with Crippen molar-refractivity contribution in [3.8, 4) is 11.8 Å². The van der Waals surface area contributed by atoms with Gasteiger partial charge in [-0.2, -0.15) is 0 Å². The van der Waals surface area contributed by atoms with E-state index < -0.39 is 15.8 Å². The Kier molecular flexibility index (Phi) is 4.47. The molecule has 0 saturated heterocycles. The predicted octanol–water partition coefficient (Wildman–Crippen LogP) is 1.12. The van der Waals surface area contributed by atoms with Crippen LogP contribution in [0.25, 0.3) is 0 Å². The van der Waals surface area contributed by atoms with Crippen molar-refractivity contribution >= 4 is 10.0 Å². The Morgan fingerprint density at radius 1 is 1.38 bits per heavy atom. The molecule has 0 atom stereocenters. The SMILES string of the molecule is CCS(=O)(=O)NCC#Cc1ccccc1F. The third-order valence-electron chi connectivity index (χ3n) is 1.86. The first-order chi connectivity index (χ1) is 7.55. The highest BCUT2D eigenvalue weighted by molar-refractivity contribution is 7.89. The fourth-order valence-corrected chi connectivity index (χ4v) is 1.45. The first kappa shape index (κ1) is 12.7. The van der Waals surface area contributed by atoms with E-state index in [0.29, 0.717) is 0 Å². The summed E-state index contributed by atoms with van der Waals surface area (Å²) in [5, 5.41) is 0. The van der Waals surface area contributed by atoms with Crippen molar-refractivity contribution in [2.75, 3.05) is 12.3 Å². The Balaban J connectivity index is 2.61. The number of benzene rings is 1. The first-order valence-corrected chi connectivity index (χ1v) is 6.41. The minimum absolute atomic E-state index is 0.00831. The van der Waals surface area contributed by atoms with Crippen molar-refractivity contribution < 1.29 is 12.8 Å². The Bertz CT molecular complexity index is 514. The van der Waals surface area contributed by atoms with Crippen LogP contribution in [0.1, 0.15) is 12.5 Å². The molecule has 1 aromatic carbocycles. The maximum Gasteiger partial charge on any atom is 0.212 e. The summed E-state index contributed by atoms with van der Waals surface area (Å²) in [5.74, 6) is 4.71. The number of halogens is 1. The zero-order valence-corrected chi connectivity index (χ0v) is 9.64. The van der Waals surface area contributed by atoms with E-state index in [-0.39, 0.29) is 17.9 Å². The molecule has 1 N–H and O–H groups in total. The van der Waals surface area contributed by atoms with Gasteiger partial charge >= 0.3 is 0 Å². The molecular weight excluding hydrogens is 229 g/mol. The van der Waals surface area contributed by atoms with Crippen molar-refractivity contribution in [2.24, 2.45) is 0 Å². The van der Waals surface area contributed by atoms with E-state index in [9.17, 15) is 12.8 Å². The second kappa shape index (κ2) is 5.64. The van der Waals surface area contributed by atoms with Crippen LogP contribution >= 0.6 is 0 Å². The van der Waals surface area contributed by atoms with Gasteiger partial charge < -0.3 is 0 Å². The number of rotatable bonds is 3. The first-order valence-electron chi connectivity index (χ1n) is 4.76. The minimum atomic E-state index is -3.23. The lowest BCUT2D eigenvalue weighted by molar-refractivity contribution is 0.587. The van der Waals surface area contributed by atoms with Gasteiger partial charge in [0.25, 0.3) is 0 Å². The highest BCUT2D eigenvalue weighted by atomic mass is 32.2. The molecule has 0 fully saturated rings. The molecule has 0 saturated carbocycles. The van der Waals surface area contributed by atoms with Gasteiger partial charge in [-0.15, -0.1) is 0 Å². The van der Waals surface area contributed by atoms with Crippen LogP contribution in [0.15, 0.2) is 24.3 Å². The van der Waals surface area contributed by atoms with E-state index in [1.807, 2.05) is 0 Å². The van der Waals surface area contributed by atoms with Crippen molar-refractivity contribution in [3.05, 3.63) is 35.6 Å². The van der Waals surface area contributed by atoms with Crippen molar-refractivity contribution in [1.82, 2.24) is 4.72 Å². The number of nitrogens with one attached hydrogen (secondary N) is 1. The summed E-state index contributed by atoms with van der Waals surface area (Å²) < 4.78 is 37.4. The van der Waals surface area contributed by atoms with E-state index in [2.05, 4.69) is 16.6 Å². The number of hydrogen-bond acceptors (Lipinski definition) is 2. The fraction of sp³-hybridized carbons (Fsp3) is 0.273. The molecule has 0 amide bonds. The van der Waals surface area contributed by atoms with E-state index in [0.717, 1.165) is 0 Å². The monoisotopic (exact) mass is 241 g/mol. The standard InChI is InChI=1S/C11H12FNO2S/c1-2-16(14,15)13-9-5-7-10-6-3-4-8-11(10)12/h3-4,6,8,13H,2,9H2,1H3. The van der Waals surface area contributed by atoms with Gasteiger partial charge in [0.2, 0.25) is 10.0 Å². The van der Waals surface area contributed by atoms with Crippen LogP contribution in [0.3, 0.4) is 0 Å². The number of sulfonamides is 1. The summed E-state index contributed by atoms with van der Waals surface area (Å²) in [5.41, 5.74) is 0.262. The molecule has 0 aliphatic carbocycles. The molecule has 0 aliphatic rings. The third-order valence-corrected chi connectivity index (χ3v) is 3.20. The Morgan fingerprint density at radius 2 is 2.06 bits per heavy atom. The molecule has 0 heterocycles. The average Bonchev–Trinajstić information content (AvgIpc) is 2.27. The summed E-state index contributed by atoms with van der Waals surface area (Å²) in [6, 6.07) is 6.08. The number of hydrogen-bond donors (Lipinski definition) is 1. The summed E-state index contributed by atoms with van der Waals surface area (Å²) in [4.78, 5) is 0. The molecule has 0 radical (unpaired) electrons. The smallest absolute Gasteiger partial charge is 0.212 e. The lowest BCUT2D eigenvalue weighted by atomic mass is 10.2. The van der Waals surface area contributed by atoms with Gasteiger partial charge in [-0.25, -0.2) is 17.5 Å². The van der Waals surface area contributed by atoms with Gasteiger partial charge in [0.15, 0.2) is 0 Å². The average molecular weight is 241 g/mol. The summed E-state index contributed by atoms with van der Waals surface area (Å²) in [6.45, 7) is 1.52. The van der Waals surface area contributed by atoms with Crippen LogP contribution in [0.4, 0.5) is 4.39 Å². The zero-order chi connectivity index (χ0) is 12.0. The fourth-order valence-electron chi connectivity index (χ4n) is 0.950. The quantitative estimate of drug-likeness (QED) is 0.806. The Labute approximate surface area is 94.7 Å². The van der Waals surface area contributed by atoms with Crippen LogP contribution in [-0.2, 0) is 10.0 Å². The molecule has 0 spiro atoms. The highest BCUT2D eigenvalue weighted by Gasteiger charge is 2.02. The van der Waals surface area contributed by atoms with Gasteiger partial charge in [-0.05, 0) is 19.1 Å². The largest absolute Gasteiger partial charge is 0.212 e. The van der Waals surface area contributed by atoms with Gasteiger partial charge in [-0.1, -0.05) is 24.0 Å². The van der Waals surface area contributed by atoms with Crippen LogP contribution in [0, 0.1) is 17.7 Å². The van der Waals surface area contributed by atoms with Gasteiger partial charge in [0.05, 0.1) is 17.9 Å². The molecule has 0 aliphatic heterocycles. The van der Waals surface area contributed by atoms with Gasteiger partial charge in [0.1, 0.15) is 5.82 Å². The lowest BCUT2D eigenvalue weighted by Gasteiger charge is -1.97. The second-order valence-electron chi connectivity index (χ2n) is 3.01. The minimum Gasteiger partial charge on any atom is -0.212 e. The van der Waals surface area contributed by atoms with Crippen molar-refractivity contribution in [2.45, 2.75) is 6.92 Å². The van der Waals surface area contributed by atoms with Crippen LogP contribution in [0.5, 0.6) is 0 Å². The molecule has 5 heteroatoms. The van der Waals surface area contributed by atoms with Crippen LogP contribution < -0.4 is 4.72 Å². The molecule has 0 bridgehead atoms. The van der Waals surface area contributed by atoms with Crippen LogP contribution in [0.2, 0.25) is 0 Å². The molecule has 3 nitrogen and oxygen atoms in total. The van der Waals surface area contributed by atoms with E-state index in [1.54, 1.807) is 12.1 Å². The highest BCUT2D eigenvalue weighted by Crippen LogP contribution is 2.03. The normalized spacial score (nSPS) is 10.6. The third kappa shape index (κ3) is 4.01. The van der Waals surface area contributed by atoms with Crippen molar-refractivity contribution in [1.29, 1.82) is 0 Å². The molecule has 86 valence electrons. The maximum atomic E-state index is 13.1. The Morgan fingerprint density at radius 3 is 2.69 bits per heavy atom. The second-order valence-corrected chi connectivity index (χ2v) is 5.10. The molecule has 1 aromatic rings. The summed E-state index contributed by atoms with van der Waals surface area (Å²) in [7, 11) is -3.23. The Hall–Kier alpha value is -1.38. The van der Waals surface area contributed by atoms with Gasteiger partial charge in [0, 0.05) is 0 Å².